The van der Waals surface area contributed by atoms with E-state index in [2.05, 4.69) is 46.9 Å². The molecule has 0 unspecified atom stereocenters. The van der Waals surface area contributed by atoms with Gasteiger partial charge in [0.2, 0.25) is 35.4 Å². The van der Waals surface area contributed by atoms with Gasteiger partial charge in [-0.05, 0) is 38.5 Å². The van der Waals surface area contributed by atoms with E-state index in [1.54, 1.807) is 0 Å². The van der Waals surface area contributed by atoms with Crippen LogP contribution in [0.15, 0.2) is 15.0 Å². The molecule has 50 heavy (non-hydrogen) atoms. The Morgan fingerprint density at radius 1 is 0.500 bits per heavy atom. The van der Waals surface area contributed by atoms with E-state index in [4.69, 9.17) is 45.2 Å². The lowest BCUT2D eigenvalue weighted by Crippen LogP contribution is -2.57. The molecule has 21 N–H and O–H groups in total. The van der Waals surface area contributed by atoms with Crippen LogP contribution in [0.2, 0.25) is 0 Å². The van der Waals surface area contributed by atoms with Crippen LogP contribution in [0.5, 0.6) is 0 Å². The van der Waals surface area contributed by atoms with Gasteiger partial charge in [-0.2, -0.15) is 0 Å². The zero-order valence-electron chi connectivity index (χ0n) is 27.6. The van der Waals surface area contributed by atoms with Gasteiger partial charge >= 0.3 is 5.97 Å². The zero-order chi connectivity index (χ0) is 38.1. The van der Waals surface area contributed by atoms with Crippen molar-refractivity contribution in [1.29, 1.82) is 0 Å². The maximum atomic E-state index is 13.5. The molecule has 0 heterocycles. The molecule has 0 aliphatic heterocycles. The van der Waals surface area contributed by atoms with Gasteiger partial charge in [0, 0.05) is 19.6 Å². The van der Waals surface area contributed by atoms with E-state index in [-0.39, 0.29) is 76.0 Å². The Balaban J connectivity index is 5.87. The summed E-state index contributed by atoms with van der Waals surface area (Å²) in [5.74, 6) is -6.36. The van der Waals surface area contributed by atoms with Crippen LogP contribution in [-0.4, -0.2) is 128 Å². The van der Waals surface area contributed by atoms with E-state index in [1.165, 1.54) is 0 Å². The summed E-state index contributed by atoms with van der Waals surface area (Å²) >= 11 is 0. The van der Waals surface area contributed by atoms with E-state index in [0.717, 1.165) is 0 Å². The summed E-state index contributed by atoms with van der Waals surface area (Å²) < 4.78 is 0. The number of nitrogens with one attached hydrogen (secondary N) is 6. The van der Waals surface area contributed by atoms with Gasteiger partial charge in [-0.1, -0.05) is 0 Å². The van der Waals surface area contributed by atoms with Crippen LogP contribution in [0.3, 0.4) is 0 Å². The number of carboxylic acids is 1. The van der Waals surface area contributed by atoms with Gasteiger partial charge in [-0.3, -0.25) is 48.5 Å². The Bertz CT molecular complexity index is 1250. The van der Waals surface area contributed by atoms with Crippen molar-refractivity contribution in [2.24, 2.45) is 55.1 Å². The molecule has 0 spiro atoms. The highest BCUT2D eigenvalue weighted by Gasteiger charge is 2.29. The Hall–Kier alpha value is -5.94. The summed E-state index contributed by atoms with van der Waals surface area (Å²) in [6.45, 7) is -1.87. The normalized spacial score (nSPS) is 12.0. The summed E-state index contributed by atoms with van der Waals surface area (Å²) in [6, 6.07) is -3.64. The third-order valence-corrected chi connectivity index (χ3v) is 6.25. The SMILES string of the molecule is NCC(=O)N[C@@H](CCCN=C(N)N)C(=O)N[C@@H](CCCN=C(N)N)C(=O)N[C@@H](CCCN=C(N)N)C(=O)NCC(=O)NCC(=O)NCC(=O)O. The topological polar surface area (TPSA) is 431 Å². The lowest BCUT2D eigenvalue weighted by molar-refractivity contribution is -0.137. The molecule has 0 aliphatic carbocycles. The van der Waals surface area contributed by atoms with Crippen LogP contribution >= 0.6 is 0 Å². The first kappa shape index (κ1) is 44.1. The van der Waals surface area contributed by atoms with E-state index in [0.29, 0.717) is 0 Å². The first-order valence-corrected chi connectivity index (χ1v) is 15.3. The molecule has 0 aromatic carbocycles. The lowest BCUT2D eigenvalue weighted by Gasteiger charge is -2.25. The molecule has 0 bridgehead atoms. The molecule has 6 amide bonds. The highest BCUT2D eigenvalue weighted by atomic mass is 16.4. The molecule has 0 aliphatic rings. The summed E-state index contributed by atoms with van der Waals surface area (Å²) in [5.41, 5.74) is 37.5. The monoisotopic (exact) mass is 714 g/mol. The van der Waals surface area contributed by atoms with Gasteiger partial charge in [0.05, 0.1) is 19.6 Å². The number of rotatable bonds is 25. The minimum absolute atomic E-state index is 0.00536. The second kappa shape index (κ2) is 25.1. The fraction of sp³-hybridized carbons (Fsp3) is 0.615. The van der Waals surface area contributed by atoms with Gasteiger partial charge in [0.25, 0.3) is 0 Å². The van der Waals surface area contributed by atoms with Crippen molar-refractivity contribution in [3.63, 3.8) is 0 Å². The first-order valence-electron chi connectivity index (χ1n) is 15.3. The molecular formula is C26H50N16O8. The maximum Gasteiger partial charge on any atom is 0.322 e. The maximum absolute atomic E-state index is 13.5. The molecule has 0 aromatic heterocycles. The predicted octanol–water partition coefficient (Wildman–Crippen LogP) is -8.01. The second-order valence-electron chi connectivity index (χ2n) is 10.5. The summed E-state index contributed by atoms with van der Waals surface area (Å²) in [4.78, 5) is 97.9. The van der Waals surface area contributed by atoms with Crippen LogP contribution in [-0.2, 0) is 33.6 Å². The number of amides is 6. The van der Waals surface area contributed by atoms with E-state index in [1.807, 2.05) is 0 Å². The van der Waals surface area contributed by atoms with Crippen molar-refractivity contribution in [1.82, 2.24) is 31.9 Å². The van der Waals surface area contributed by atoms with Crippen molar-refractivity contribution < 1.29 is 38.7 Å². The van der Waals surface area contributed by atoms with Crippen molar-refractivity contribution in [3.05, 3.63) is 0 Å². The lowest BCUT2D eigenvalue weighted by atomic mass is 10.1. The highest BCUT2D eigenvalue weighted by molar-refractivity contribution is 5.95. The van der Waals surface area contributed by atoms with E-state index >= 15 is 0 Å². The first-order chi connectivity index (χ1) is 23.5. The highest BCUT2D eigenvalue weighted by Crippen LogP contribution is 2.06. The predicted molar refractivity (Wildman–Crippen MR) is 181 cm³/mol. The van der Waals surface area contributed by atoms with Crippen molar-refractivity contribution >= 4 is 59.3 Å². The quantitative estimate of drug-likeness (QED) is 0.0237. The Kier molecular flexibility index (Phi) is 22.1. The Morgan fingerprint density at radius 2 is 0.860 bits per heavy atom. The van der Waals surface area contributed by atoms with Crippen LogP contribution in [0.25, 0.3) is 0 Å². The number of hydrogen-bond acceptors (Lipinski definition) is 11. The summed E-state index contributed by atoms with van der Waals surface area (Å²) in [7, 11) is 0. The summed E-state index contributed by atoms with van der Waals surface area (Å²) in [6.07, 6.45) is 0.756. The Labute approximate surface area is 287 Å². The van der Waals surface area contributed by atoms with Crippen molar-refractivity contribution in [2.75, 3.05) is 45.8 Å². The number of nitrogens with two attached hydrogens (primary N) is 7. The van der Waals surface area contributed by atoms with E-state index in [9.17, 15) is 33.6 Å². The minimum Gasteiger partial charge on any atom is -0.480 e. The average molecular weight is 715 g/mol. The fourth-order valence-electron chi connectivity index (χ4n) is 3.88. The smallest absolute Gasteiger partial charge is 0.322 e. The second-order valence-corrected chi connectivity index (χ2v) is 10.5. The van der Waals surface area contributed by atoms with Gasteiger partial charge in [-0.15, -0.1) is 0 Å². The molecule has 24 heteroatoms. The van der Waals surface area contributed by atoms with Gasteiger partial charge in [0.1, 0.15) is 24.7 Å². The van der Waals surface area contributed by atoms with Gasteiger partial charge < -0.3 is 77.1 Å². The van der Waals surface area contributed by atoms with Gasteiger partial charge in [-0.25, -0.2) is 0 Å². The third-order valence-electron chi connectivity index (χ3n) is 6.25. The van der Waals surface area contributed by atoms with Gasteiger partial charge in [0.15, 0.2) is 17.9 Å². The molecule has 0 fully saturated rings. The van der Waals surface area contributed by atoms with Crippen LogP contribution in [0.4, 0.5) is 0 Å². The summed E-state index contributed by atoms with van der Waals surface area (Å²) in [5, 5.41) is 22.8. The number of aliphatic carboxylic acids is 1. The molecule has 0 saturated carbocycles. The standard InChI is InChI=1S/C26H50N16O8/c27-10-17(43)40-15(5-2-8-35-25(30)31)22(49)42-16(6-3-9-36-26(32)33)23(50)41-14(4-1-7-34-24(28)29)21(48)39-12-19(45)37-11-18(44)38-13-20(46)47/h14-16H,1-13,27H2,(H,37,45)(H,38,44)(H,39,48)(H,40,43)(H,41,50)(H,42,49)(H,46,47)(H4,28,29,34)(H4,30,31,35)(H4,32,33,36)/t14-,15-,16-/m0/s1. The number of nitrogens with zero attached hydrogens (tertiary/aromatic N) is 3. The molecule has 0 aromatic rings. The fourth-order valence-corrected chi connectivity index (χ4v) is 3.88. The number of hydrogen-bond donors (Lipinski definition) is 14. The van der Waals surface area contributed by atoms with E-state index < -0.39 is 85.7 Å². The number of carboxylic acid groups (broad SMARTS) is 1. The van der Waals surface area contributed by atoms with Crippen LogP contribution in [0.1, 0.15) is 38.5 Å². The molecule has 0 saturated heterocycles. The zero-order valence-corrected chi connectivity index (χ0v) is 27.6. The molecule has 3 atom stereocenters. The molecule has 0 rings (SSSR count). The third kappa shape index (κ3) is 22.6. The molecule has 0 radical (unpaired) electrons. The Morgan fingerprint density at radius 3 is 1.24 bits per heavy atom. The number of carbonyl (C=O) groups is 7. The molecule has 282 valence electrons. The average Bonchev–Trinajstić information content (AvgIpc) is 3.04. The number of guanidine groups is 3. The minimum atomic E-state index is -1.28. The van der Waals surface area contributed by atoms with Crippen molar-refractivity contribution in [2.45, 2.75) is 56.7 Å². The molecule has 24 nitrogen and oxygen atoms in total. The van der Waals surface area contributed by atoms with Crippen molar-refractivity contribution in [3.8, 4) is 0 Å². The van der Waals surface area contributed by atoms with Crippen LogP contribution in [0, 0.1) is 0 Å². The molecular weight excluding hydrogens is 664 g/mol. The number of carbonyl (C=O) groups excluding carboxylic acids is 6. The number of aliphatic imine (C=N–C) groups is 3. The van der Waals surface area contributed by atoms with Crippen LogP contribution < -0.4 is 72.0 Å². The largest absolute Gasteiger partial charge is 0.480 e.